The zero-order chi connectivity index (χ0) is 27.4. The van der Waals surface area contributed by atoms with Crippen molar-refractivity contribution in [2.24, 2.45) is 0 Å². The van der Waals surface area contributed by atoms with Crippen molar-refractivity contribution in [3.63, 3.8) is 0 Å². The van der Waals surface area contributed by atoms with Gasteiger partial charge in [-0.2, -0.15) is 0 Å². The summed E-state index contributed by atoms with van der Waals surface area (Å²) in [6.07, 6.45) is 1.87. The van der Waals surface area contributed by atoms with Crippen LogP contribution in [0, 0.1) is 0 Å². The first kappa shape index (κ1) is 29.0. The molecule has 37 heavy (non-hydrogen) atoms. The Labute approximate surface area is 224 Å². The number of para-hydroxylation sites is 1. The summed E-state index contributed by atoms with van der Waals surface area (Å²) in [6, 6.07) is 17.6. The Bertz CT molecular complexity index is 1010. The molecule has 1 aliphatic heterocycles. The topological polar surface area (TPSA) is 74.0 Å². The molecule has 2 N–H and O–H groups in total. The molecule has 1 saturated heterocycles. The van der Waals surface area contributed by atoms with Crippen molar-refractivity contribution in [3.05, 3.63) is 60.2 Å². The lowest BCUT2D eigenvalue weighted by Crippen LogP contribution is -2.55. The maximum Gasteiger partial charge on any atom is 0.410 e. The third-order valence-electron chi connectivity index (χ3n) is 7.44. The average molecular weight is 527 g/mol. The van der Waals surface area contributed by atoms with Gasteiger partial charge in [0.2, 0.25) is 0 Å². The predicted molar refractivity (Wildman–Crippen MR) is 153 cm³/mol. The number of benzene rings is 2. The van der Waals surface area contributed by atoms with Crippen LogP contribution in [-0.2, 0) is 15.6 Å². The monoisotopic (exact) mass is 526 g/mol. The van der Waals surface area contributed by atoms with E-state index in [0.717, 1.165) is 36.3 Å². The van der Waals surface area contributed by atoms with Crippen LogP contribution in [0.5, 0.6) is 5.75 Å². The van der Waals surface area contributed by atoms with Gasteiger partial charge in [-0.3, -0.25) is 4.90 Å². The molecule has 0 bridgehead atoms. The van der Waals surface area contributed by atoms with E-state index in [2.05, 4.69) is 33.9 Å². The number of anilines is 1. The van der Waals surface area contributed by atoms with Crippen molar-refractivity contribution in [2.75, 3.05) is 12.3 Å². The van der Waals surface area contributed by atoms with E-state index in [4.69, 9.17) is 19.6 Å². The minimum Gasteiger partial charge on any atom is -0.491 e. The number of nitrogens with two attached hydrogens (primary N) is 1. The number of amides is 1. The van der Waals surface area contributed by atoms with E-state index in [0.29, 0.717) is 6.61 Å². The highest BCUT2D eigenvalue weighted by Gasteiger charge is 2.47. The van der Waals surface area contributed by atoms with Gasteiger partial charge in [-0.15, -0.1) is 0 Å². The van der Waals surface area contributed by atoms with Crippen molar-refractivity contribution >= 4 is 20.1 Å². The number of likely N-dealkylation sites (tertiary alicyclic amines) is 1. The molecule has 6 nitrogen and oxygen atoms in total. The van der Waals surface area contributed by atoms with E-state index < -0.39 is 13.9 Å². The minimum atomic E-state index is -2.16. The van der Waals surface area contributed by atoms with E-state index in [1.165, 1.54) is 0 Å². The summed E-state index contributed by atoms with van der Waals surface area (Å²) in [5.41, 5.74) is 7.20. The Kier molecular flexibility index (Phi) is 9.01. The zero-order valence-electron chi connectivity index (χ0n) is 23.9. The maximum absolute atomic E-state index is 13.7. The van der Waals surface area contributed by atoms with Crippen LogP contribution in [0.2, 0.25) is 18.1 Å². The van der Waals surface area contributed by atoms with E-state index in [9.17, 15) is 4.79 Å². The van der Waals surface area contributed by atoms with Crippen LogP contribution in [0.1, 0.15) is 59.9 Å². The normalized spacial score (nSPS) is 19.5. The fourth-order valence-corrected chi connectivity index (χ4v) is 5.81. The van der Waals surface area contributed by atoms with Gasteiger partial charge < -0.3 is 19.6 Å². The van der Waals surface area contributed by atoms with E-state index >= 15 is 0 Å². The van der Waals surface area contributed by atoms with E-state index in [1.807, 2.05) is 80.3 Å². The Morgan fingerprint density at radius 2 is 1.62 bits per heavy atom. The van der Waals surface area contributed by atoms with Gasteiger partial charge >= 0.3 is 6.09 Å². The third-order valence-corrected chi connectivity index (χ3v) is 11.9. The van der Waals surface area contributed by atoms with Crippen LogP contribution in [0.4, 0.5) is 10.5 Å². The summed E-state index contributed by atoms with van der Waals surface area (Å²) in [5.74, 6) is 0.798. The lowest BCUT2D eigenvalue weighted by Gasteiger charge is -2.43. The number of hydrogen-bond acceptors (Lipinski definition) is 5. The molecule has 0 spiro atoms. The van der Waals surface area contributed by atoms with Crippen molar-refractivity contribution < 1.29 is 18.7 Å². The number of carbonyl (C=O) groups is 1. The molecule has 2 aromatic rings. The third kappa shape index (κ3) is 7.98. The van der Waals surface area contributed by atoms with E-state index in [1.54, 1.807) is 0 Å². The first-order valence-electron chi connectivity index (χ1n) is 13.4. The molecular weight excluding hydrogens is 480 g/mol. The van der Waals surface area contributed by atoms with Gasteiger partial charge in [-0.1, -0.05) is 51.1 Å². The second kappa shape index (κ2) is 11.5. The van der Waals surface area contributed by atoms with Crippen LogP contribution >= 0.6 is 0 Å². The van der Waals surface area contributed by atoms with Crippen molar-refractivity contribution in [3.8, 4) is 5.75 Å². The molecule has 7 heteroatoms. The van der Waals surface area contributed by atoms with Crippen LogP contribution in [0.25, 0.3) is 0 Å². The number of hydrogen-bond donors (Lipinski definition) is 1. The summed E-state index contributed by atoms with van der Waals surface area (Å²) in [6.45, 7) is 17.3. The number of ether oxygens (including phenoxy) is 2. The van der Waals surface area contributed by atoms with Crippen molar-refractivity contribution in [1.29, 1.82) is 0 Å². The molecule has 3 rings (SSSR count). The minimum absolute atomic E-state index is 0.00529. The van der Waals surface area contributed by atoms with Crippen molar-refractivity contribution in [1.82, 2.24) is 4.90 Å². The molecule has 3 atom stereocenters. The average Bonchev–Trinajstić information content (AvgIpc) is 3.20. The summed E-state index contributed by atoms with van der Waals surface area (Å²) in [4.78, 5) is 15.6. The number of nitrogen functional groups attached to an aromatic ring is 1. The molecule has 1 heterocycles. The van der Waals surface area contributed by atoms with Gasteiger partial charge in [0.15, 0.2) is 8.32 Å². The molecule has 0 unspecified atom stereocenters. The Hall–Kier alpha value is -2.51. The highest BCUT2D eigenvalue weighted by atomic mass is 28.4. The quantitative estimate of drug-likeness (QED) is 0.295. The fraction of sp³-hybridized carbons (Fsp3) is 0.567. The first-order chi connectivity index (χ1) is 17.2. The van der Waals surface area contributed by atoms with Crippen LogP contribution in [-0.4, -0.2) is 49.7 Å². The molecule has 204 valence electrons. The molecule has 0 aromatic heterocycles. The summed E-state index contributed by atoms with van der Waals surface area (Å²) < 4.78 is 19.2. The second-order valence-corrected chi connectivity index (χ2v) is 17.4. The second-order valence-electron chi connectivity index (χ2n) is 12.7. The summed E-state index contributed by atoms with van der Waals surface area (Å²) in [7, 11) is -2.16. The molecule has 2 aromatic carbocycles. The van der Waals surface area contributed by atoms with Gasteiger partial charge in [0.05, 0.1) is 12.1 Å². The lowest BCUT2D eigenvalue weighted by molar-refractivity contribution is -0.00945. The molecular formula is C30H46N2O4Si. The number of carbonyl (C=O) groups excluding carboxylic acids is 1. The van der Waals surface area contributed by atoms with Crippen LogP contribution in [0.3, 0.4) is 0 Å². The highest BCUT2D eigenvalue weighted by molar-refractivity contribution is 6.74. The smallest absolute Gasteiger partial charge is 0.410 e. The highest BCUT2D eigenvalue weighted by Crippen LogP contribution is 2.40. The largest absolute Gasteiger partial charge is 0.491 e. The Morgan fingerprint density at radius 3 is 2.19 bits per heavy atom. The number of rotatable bonds is 8. The summed E-state index contributed by atoms with van der Waals surface area (Å²) in [5, 5.41) is 0.0245. The zero-order valence-corrected chi connectivity index (χ0v) is 24.9. The molecule has 0 saturated carbocycles. The van der Waals surface area contributed by atoms with Crippen LogP contribution in [0.15, 0.2) is 54.6 Å². The van der Waals surface area contributed by atoms with E-state index in [-0.39, 0.29) is 29.3 Å². The standard InChI is InChI=1S/C30H46N2O4Si/c1-29(2,3)35-28(33)32-24(20-22-14-16-23(31)17-15-22)18-19-26(32)27(36-37(7,8)30(4,5)6)21-34-25-12-10-9-11-13-25/h9-17,24,26-27H,18-21,31H2,1-8H3/t24-,26+,27+/m0/s1. The molecule has 1 amide bonds. The van der Waals surface area contributed by atoms with Gasteiger partial charge in [0.25, 0.3) is 0 Å². The SMILES string of the molecule is CC(C)(C)OC(=O)N1[C@H](Cc2ccc(N)cc2)CC[C@@H]1[C@@H](COc1ccccc1)O[Si](C)(C)C(C)(C)C. The molecule has 1 fully saturated rings. The first-order valence-corrected chi connectivity index (χ1v) is 16.3. The Balaban J connectivity index is 1.92. The number of nitrogens with zero attached hydrogens (tertiary/aromatic N) is 1. The predicted octanol–water partition coefficient (Wildman–Crippen LogP) is 7.05. The van der Waals surface area contributed by atoms with Gasteiger partial charge in [0.1, 0.15) is 18.0 Å². The summed E-state index contributed by atoms with van der Waals surface area (Å²) >= 11 is 0. The Morgan fingerprint density at radius 1 is 1.00 bits per heavy atom. The van der Waals surface area contributed by atoms with Gasteiger partial charge in [-0.05, 0) is 88.0 Å². The molecule has 0 radical (unpaired) electrons. The van der Waals surface area contributed by atoms with Crippen LogP contribution < -0.4 is 10.5 Å². The van der Waals surface area contributed by atoms with Crippen molar-refractivity contribution in [2.45, 2.75) is 103 Å². The van der Waals surface area contributed by atoms with Gasteiger partial charge in [0, 0.05) is 11.7 Å². The van der Waals surface area contributed by atoms with Gasteiger partial charge in [-0.25, -0.2) is 4.79 Å². The fourth-order valence-electron chi connectivity index (χ4n) is 4.48. The maximum atomic E-state index is 13.7. The molecule has 0 aliphatic carbocycles. The molecule has 1 aliphatic rings. The lowest BCUT2D eigenvalue weighted by atomic mass is 10.0.